The van der Waals surface area contributed by atoms with E-state index in [1.54, 1.807) is 41.8 Å². The molecule has 1 aromatic carbocycles. The first-order valence-electron chi connectivity index (χ1n) is 11.4. The van der Waals surface area contributed by atoms with Crippen molar-refractivity contribution in [2.24, 2.45) is 0 Å². The van der Waals surface area contributed by atoms with Gasteiger partial charge in [-0.15, -0.1) is 11.3 Å². The highest BCUT2D eigenvalue weighted by atomic mass is 32.2. The van der Waals surface area contributed by atoms with Gasteiger partial charge in [0.2, 0.25) is 0 Å². The Morgan fingerprint density at radius 2 is 1.61 bits per heavy atom. The summed E-state index contributed by atoms with van der Waals surface area (Å²) >= 11 is 1.19. The fourth-order valence-electron chi connectivity index (χ4n) is 4.18. The van der Waals surface area contributed by atoms with Gasteiger partial charge in [-0.25, -0.2) is 8.42 Å². The van der Waals surface area contributed by atoms with Crippen LogP contribution < -0.4 is 9.04 Å². The normalized spacial score (nSPS) is 17.9. The standard InChI is InChI=1S/C23H32N4O4S2/c1-24(33(29,30)23-5-4-18-32-23)20-6-8-21(9-7-20)31-19-22(28)27-16-14-26(15-17-27)13-12-25-10-2-3-11-25/h4-9,18H,2-3,10-17,19H2,1H3. The highest BCUT2D eigenvalue weighted by Gasteiger charge is 2.23. The van der Waals surface area contributed by atoms with Gasteiger partial charge in [-0.05, 0) is 61.6 Å². The molecule has 0 aliphatic carbocycles. The van der Waals surface area contributed by atoms with E-state index in [0.717, 1.165) is 39.3 Å². The largest absolute Gasteiger partial charge is 0.484 e. The third-order valence-corrected chi connectivity index (χ3v) is 9.49. The molecule has 3 heterocycles. The zero-order valence-corrected chi connectivity index (χ0v) is 20.7. The van der Waals surface area contributed by atoms with E-state index in [4.69, 9.17) is 4.74 Å². The van der Waals surface area contributed by atoms with Crippen molar-refractivity contribution in [2.75, 3.05) is 70.3 Å². The number of anilines is 1. The second-order valence-corrected chi connectivity index (χ2v) is 11.6. The number of rotatable bonds is 9. The molecule has 0 unspecified atom stereocenters. The molecular weight excluding hydrogens is 460 g/mol. The number of thiophene rings is 1. The predicted octanol–water partition coefficient (Wildman–Crippen LogP) is 2.19. The van der Waals surface area contributed by atoms with Gasteiger partial charge in [-0.1, -0.05) is 6.07 Å². The van der Waals surface area contributed by atoms with Crippen molar-refractivity contribution >= 4 is 33.0 Å². The molecule has 2 aliphatic rings. The van der Waals surface area contributed by atoms with Crippen LogP contribution in [0.2, 0.25) is 0 Å². The van der Waals surface area contributed by atoms with Gasteiger partial charge in [0.1, 0.15) is 9.96 Å². The zero-order valence-electron chi connectivity index (χ0n) is 19.1. The number of hydrogen-bond donors (Lipinski definition) is 0. The summed E-state index contributed by atoms with van der Waals surface area (Å²) in [4.78, 5) is 19.4. The Morgan fingerprint density at radius 3 is 2.21 bits per heavy atom. The summed E-state index contributed by atoms with van der Waals surface area (Å²) in [7, 11) is -2.04. The number of hydrogen-bond acceptors (Lipinski definition) is 7. The van der Waals surface area contributed by atoms with Crippen LogP contribution in [0.3, 0.4) is 0 Å². The Morgan fingerprint density at radius 1 is 0.970 bits per heavy atom. The van der Waals surface area contributed by atoms with Crippen LogP contribution in [-0.2, 0) is 14.8 Å². The molecular formula is C23H32N4O4S2. The van der Waals surface area contributed by atoms with Gasteiger partial charge in [0.25, 0.3) is 15.9 Å². The number of amides is 1. The fourth-order valence-corrected chi connectivity index (χ4v) is 6.54. The smallest absolute Gasteiger partial charge is 0.273 e. The minimum absolute atomic E-state index is 0.0174. The maximum Gasteiger partial charge on any atom is 0.273 e. The average Bonchev–Trinajstić information content (AvgIpc) is 3.56. The van der Waals surface area contributed by atoms with Gasteiger partial charge in [0, 0.05) is 46.3 Å². The van der Waals surface area contributed by atoms with E-state index in [-0.39, 0.29) is 12.5 Å². The molecule has 2 aromatic rings. The van der Waals surface area contributed by atoms with Gasteiger partial charge >= 0.3 is 0 Å². The molecule has 0 N–H and O–H groups in total. The molecule has 0 atom stereocenters. The van der Waals surface area contributed by atoms with Crippen LogP contribution in [0.15, 0.2) is 46.0 Å². The lowest BCUT2D eigenvalue weighted by Gasteiger charge is -2.35. The fraction of sp³-hybridized carbons (Fsp3) is 0.522. The number of nitrogens with zero attached hydrogens (tertiary/aromatic N) is 4. The predicted molar refractivity (Wildman–Crippen MR) is 131 cm³/mol. The maximum absolute atomic E-state index is 12.6. The first-order valence-corrected chi connectivity index (χ1v) is 13.7. The van der Waals surface area contributed by atoms with Crippen LogP contribution >= 0.6 is 11.3 Å². The van der Waals surface area contributed by atoms with Crippen LogP contribution in [0.25, 0.3) is 0 Å². The Balaban J connectivity index is 1.21. The van der Waals surface area contributed by atoms with Crippen molar-refractivity contribution in [3.05, 3.63) is 41.8 Å². The lowest BCUT2D eigenvalue weighted by Crippen LogP contribution is -2.51. The van der Waals surface area contributed by atoms with Gasteiger partial charge < -0.3 is 14.5 Å². The second kappa shape index (κ2) is 10.9. The van der Waals surface area contributed by atoms with Gasteiger partial charge in [-0.3, -0.25) is 14.0 Å². The number of piperazine rings is 1. The summed E-state index contributed by atoms with van der Waals surface area (Å²) in [5.41, 5.74) is 0.534. The summed E-state index contributed by atoms with van der Waals surface area (Å²) in [5.74, 6) is 0.522. The Kier molecular flexibility index (Phi) is 7.90. The third kappa shape index (κ3) is 6.06. The summed E-state index contributed by atoms with van der Waals surface area (Å²) < 4.78 is 32.5. The summed E-state index contributed by atoms with van der Waals surface area (Å²) in [6.07, 6.45) is 2.63. The van der Waals surface area contributed by atoms with Crippen molar-refractivity contribution in [2.45, 2.75) is 17.1 Å². The Hall–Kier alpha value is -2.14. The van der Waals surface area contributed by atoms with Crippen LogP contribution in [-0.4, -0.2) is 95.0 Å². The van der Waals surface area contributed by atoms with E-state index in [1.807, 2.05) is 4.90 Å². The molecule has 0 radical (unpaired) electrons. The SMILES string of the molecule is CN(c1ccc(OCC(=O)N2CCN(CCN3CCCC3)CC2)cc1)S(=O)(=O)c1cccs1. The third-order valence-electron chi connectivity index (χ3n) is 6.33. The second-order valence-electron chi connectivity index (χ2n) is 8.46. The minimum Gasteiger partial charge on any atom is -0.484 e. The van der Waals surface area contributed by atoms with E-state index in [1.165, 1.54) is 48.6 Å². The van der Waals surface area contributed by atoms with Crippen LogP contribution in [0.5, 0.6) is 5.75 Å². The van der Waals surface area contributed by atoms with Gasteiger partial charge in [0.15, 0.2) is 6.61 Å². The lowest BCUT2D eigenvalue weighted by atomic mass is 10.3. The number of benzene rings is 1. The summed E-state index contributed by atoms with van der Waals surface area (Å²) in [6, 6.07) is 10.1. The van der Waals surface area contributed by atoms with Crippen molar-refractivity contribution < 1.29 is 17.9 Å². The van der Waals surface area contributed by atoms with Crippen LogP contribution in [0.1, 0.15) is 12.8 Å². The van der Waals surface area contributed by atoms with E-state index in [2.05, 4.69) is 9.80 Å². The number of ether oxygens (including phenoxy) is 1. The van der Waals surface area contributed by atoms with E-state index in [9.17, 15) is 13.2 Å². The molecule has 4 rings (SSSR count). The van der Waals surface area contributed by atoms with Crippen LogP contribution in [0, 0.1) is 0 Å². The van der Waals surface area contributed by atoms with E-state index in [0.29, 0.717) is 15.6 Å². The molecule has 2 fully saturated rings. The molecule has 180 valence electrons. The molecule has 2 aliphatic heterocycles. The van der Waals surface area contributed by atoms with Gasteiger partial charge in [0.05, 0.1) is 5.69 Å². The molecule has 33 heavy (non-hydrogen) atoms. The topological polar surface area (TPSA) is 73.4 Å². The first-order chi connectivity index (χ1) is 15.9. The molecule has 1 aromatic heterocycles. The quantitative estimate of drug-likeness (QED) is 0.534. The van der Waals surface area contributed by atoms with Crippen molar-refractivity contribution in [3.8, 4) is 5.75 Å². The molecule has 0 spiro atoms. The Bertz CT molecular complexity index is 998. The van der Waals surface area contributed by atoms with Crippen molar-refractivity contribution in [1.82, 2.24) is 14.7 Å². The minimum atomic E-state index is -3.57. The molecule has 10 heteroatoms. The zero-order chi connectivity index (χ0) is 23.3. The number of sulfonamides is 1. The molecule has 0 bridgehead atoms. The molecule has 1 amide bonds. The van der Waals surface area contributed by atoms with E-state index >= 15 is 0 Å². The molecule has 0 saturated carbocycles. The summed E-state index contributed by atoms with van der Waals surface area (Å²) in [6.45, 7) is 7.88. The number of carbonyl (C=O) groups excluding carboxylic acids is 1. The maximum atomic E-state index is 12.6. The molecule has 2 saturated heterocycles. The highest BCUT2D eigenvalue weighted by molar-refractivity contribution is 7.94. The number of carbonyl (C=O) groups is 1. The number of likely N-dealkylation sites (tertiary alicyclic amines) is 1. The Labute approximate surface area is 200 Å². The monoisotopic (exact) mass is 492 g/mol. The molecule has 8 nitrogen and oxygen atoms in total. The summed E-state index contributed by atoms with van der Waals surface area (Å²) in [5, 5.41) is 1.74. The highest BCUT2D eigenvalue weighted by Crippen LogP contribution is 2.26. The van der Waals surface area contributed by atoms with E-state index < -0.39 is 10.0 Å². The van der Waals surface area contributed by atoms with Gasteiger partial charge in [-0.2, -0.15) is 0 Å². The first kappa shape index (κ1) is 24.0. The lowest BCUT2D eigenvalue weighted by molar-refractivity contribution is -0.135. The van der Waals surface area contributed by atoms with Crippen molar-refractivity contribution in [3.63, 3.8) is 0 Å². The van der Waals surface area contributed by atoms with Crippen LogP contribution in [0.4, 0.5) is 5.69 Å². The average molecular weight is 493 g/mol. The van der Waals surface area contributed by atoms with Crippen molar-refractivity contribution in [1.29, 1.82) is 0 Å².